The Bertz CT molecular complexity index is 138. The summed E-state index contributed by atoms with van der Waals surface area (Å²) in [5, 5.41) is 0. The van der Waals surface area contributed by atoms with E-state index in [9.17, 15) is 17.6 Å². The van der Waals surface area contributed by atoms with Crippen LogP contribution in [0.4, 0.5) is 17.6 Å². The second-order valence-corrected chi connectivity index (χ2v) is 2.39. The molecule has 0 aromatic carbocycles. The van der Waals surface area contributed by atoms with E-state index in [2.05, 4.69) is 9.31 Å². The zero-order valence-corrected chi connectivity index (χ0v) is 7.45. The number of hydrogen-bond acceptors (Lipinski definition) is 2. The third-order valence-corrected chi connectivity index (χ3v) is 1.36. The quantitative estimate of drug-likeness (QED) is 0.485. The summed E-state index contributed by atoms with van der Waals surface area (Å²) in [5.74, 6) is 0. The van der Waals surface area contributed by atoms with E-state index >= 15 is 0 Å². The molecule has 0 unspecified atom stereocenters. The van der Waals surface area contributed by atoms with E-state index < -0.39 is 32.7 Å². The molecule has 13 heavy (non-hydrogen) atoms. The Morgan fingerprint density at radius 1 is 0.923 bits per heavy atom. The van der Waals surface area contributed by atoms with Gasteiger partial charge in [0.2, 0.25) is 0 Å². The van der Waals surface area contributed by atoms with Crippen molar-refractivity contribution in [3.63, 3.8) is 0 Å². The first-order chi connectivity index (χ1) is 5.83. The van der Waals surface area contributed by atoms with Gasteiger partial charge in [-0.1, -0.05) is 13.8 Å². The van der Waals surface area contributed by atoms with Crippen LogP contribution in [0.15, 0.2) is 0 Å². The van der Waals surface area contributed by atoms with Crippen molar-refractivity contribution in [2.45, 2.75) is 38.9 Å². The van der Waals surface area contributed by atoms with E-state index in [0.717, 1.165) is 0 Å². The fraction of sp³-hybridized carbons (Fsp3) is 1.00. The topological polar surface area (TPSA) is 18.5 Å². The van der Waals surface area contributed by atoms with Crippen molar-refractivity contribution in [3.8, 4) is 0 Å². The average molecular weight is 202 g/mol. The summed E-state index contributed by atoms with van der Waals surface area (Å²) >= 11 is 0. The Hall–Kier alpha value is -0.295. The third kappa shape index (κ3) is 5.87. The number of halogens is 4. The smallest absolute Gasteiger partial charge is 0.356 e. The van der Waals surface area contributed by atoms with Crippen molar-refractivity contribution in [1.82, 2.24) is 0 Å². The molecule has 0 aromatic heterocycles. The summed E-state index contributed by atoms with van der Waals surface area (Å²) in [6, 6.07) is 0. The van der Waals surface area contributed by atoms with Gasteiger partial charge in [-0.3, -0.25) is 0 Å². The summed E-state index contributed by atoms with van der Waals surface area (Å²) < 4.78 is 56.7. The van der Waals surface area contributed by atoms with Crippen LogP contribution in [0.3, 0.4) is 0 Å². The van der Waals surface area contributed by atoms with Gasteiger partial charge < -0.3 is 9.31 Å². The highest BCUT2D eigenvalue weighted by Gasteiger charge is 2.32. The zero-order valence-electron chi connectivity index (χ0n) is 7.45. The van der Waals surface area contributed by atoms with E-state index in [4.69, 9.17) is 0 Å². The molecule has 0 radical (unpaired) electrons. The van der Waals surface area contributed by atoms with Crippen molar-refractivity contribution in [1.29, 1.82) is 0 Å². The SMILES string of the molecule is CCC(F)(F)OBOC(F)(F)CC. The molecule has 0 heterocycles. The molecule has 78 valence electrons. The Kier molecular flexibility index (Phi) is 4.70. The summed E-state index contributed by atoms with van der Waals surface area (Å²) in [6.45, 7) is 2.36. The van der Waals surface area contributed by atoms with Crippen LogP contribution in [0.25, 0.3) is 0 Å². The van der Waals surface area contributed by atoms with E-state index in [0.29, 0.717) is 0 Å². The number of rotatable bonds is 6. The van der Waals surface area contributed by atoms with Crippen LogP contribution in [0.5, 0.6) is 0 Å². The lowest BCUT2D eigenvalue weighted by atomic mass is 10.3. The second kappa shape index (κ2) is 4.81. The van der Waals surface area contributed by atoms with Gasteiger partial charge in [0.15, 0.2) is 0 Å². The first kappa shape index (κ1) is 12.7. The van der Waals surface area contributed by atoms with Gasteiger partial charge >= 0.3 is 19.9 Å². The molecule has 2 nitrogen and oxygen atoms in total. The first-order valence-corrected chi connectivity index (χ1v) is 3.86. The summed E-state index contributed by atoms with van der Waals surface area (Å²) in [4.78, 5) is 0. The summed E-state index contributed by atoms with van der Waals surface area (Å²) in [5.41, 5.74) is 0. The molecule has 0 amide bonds. The van der Waals surface area contributed by atoms with E-state index in [1.807, 2.05) is 0 Å². The number of alkyl halides is 4. The van der Waals surface area contributed by atoms with Gasteiger partial charge in [0.05, 0.1) is 0 Å². The van der Waals surface area contributed by atoms with Crippen molar-refractivity contribution in [3.05, 3.63) is 0 Å². The predicted octanol–water partition coefficient (Wildman–Crippen LogP) is 2.29. The van der Waals surface area contributed by atoms with Gasteiger partial charge in [-0.05, 0) is 0 Å². The highest BCUT2D eigenvalue weighted by atomic mass is 19.3. The van der Waals surface area contributed by atoms with Crippen LogP contribution in [0, 0.1) is 0 Å². The molecule has 0 rings (SSSR count). The largest absolute Gasteiger partial charge is 0.446 e. The molecule has 0 spiro atoms. The third-order valence-electron chi connectivity index (χ3n) is 1.36. The fourth-order valence-electron chi connectivity index (χ4n) is 0.406. The predicted molar refractivity (Wildman–Crippen MR) is 39.8 cm³/mol. The lowest BCUT2D eigenvalue weighted by molar-refractivity contribution is -0.220. The molecule has 7 heteroatoms. The lowest BCUT2D eigenvalue weighted by Gasteiger charge is -2.17. The lowest BCUT2D eigenvalue weighted by Crippen LogP contribution is -2.29. The molecule has 0 aliphatic rings. The molecule has 0 aromatic rings. The van der Waals surface area contributed by atoms with E-state index in [1.54, 1.807) is 0 Å². The van der Waals surface area contributed by atoms with Crippen molar-refractivity contribution >= 4 is 7.69 Å². The van der Waals surface area contributed by atoms with Gasteiger partial charge in [0, 0.05) is 12.8 Å². The molecule has 0 saturated carbocycles. The molecular formula is C6H11BF4O2. The molecule has 0 atom stereocenters. The summed E-state index contributed by atoms with van der Waals surface area (Å²) in [7, 11) is -1.11. The molecule has 0 fully saturated rings. The molecule has 0 N–H and O–H groups in total. The maximum absolute atomic E-state index is 12.3. The first-order valence-electron chi connectivity index (χ1n) is 3.86. The minimum Gasteiger partial charge on any atom is -0.356 e. The Labute approximate surface area is 74.5 Å². The Morgan fingerprint density at radius 3 is 1.46 bits per heavy atom. The van der Waals surface area contributed by atoms with Crippen molar-refractivity contribution in [2.24, 2.45) is 0 Å². The van der Waals surface area contributed by atoms with Gasteiger partial charge in [0.25, 0.3) is 0 Å². The molecule has 0 saturated heterocycles. The zero-order chi connectivity index (χ0) is 10.5. The monoisotopic (exact) mass is 202 g/mol. The van der Waals surface area contributed by atoms with Gasteiger partial charge in [-0.25, -0.2) is 0 Å². The normalized spacial score (nSPS) is 13.1. The minimum absolute atomic E-state index is 0.575. The Balaban J connectivity index is 3.68. The number of hydrogen-bond donors (Lipinski definition) is 0. The summed E-state index contributed by atoms with van der Waals surface area (Å²) in [6.07, 6.45) is -7.95. The van der Waals surface area contributed by atoms with Crippen molar-refractivity contribution < 1.29 is 26.9 Å². The molecule has 0 bridgehead atoms. The maximum Gasteiger partial charge on any atom is 0.446 e. The Morgan fingerprint density at radius 2 is 1.23 bits per heavy atom. The highest BCUT2D eigenvalue weighted by molar-refractivity contribution is 6.18. The standard InChI is InChI=1S/C6H11BF4O2/c1-3-5(8,9)12-7-13-6(10,11)4-2/h7H,3-4H2,1-2H3. The van der Waals surface area contributed by atoms with Gasteiger partial charge in [0.1, 0.15) is 0 Å². The van der Waals surface area contributed by atoms with Crippen LogP contribution in [-0.2, 0) is 9.31 Å². The fourth-order valence-corrected chi connectivity index (χ4v) is 0.406. The molecular weight excluding hydrogens is 191 g/mol. The average Bonchev–Trinajstić information content (AvgIpc) is 2.04. The maximum atomic E-state index is 12.3. The second-order valence-electron chi connectivity index (χ2n) is 2.39. The van der Waals surface area contributed by atoms with Crippen LogP contribution in [0.2, 0.25) is 0 Å². The van der Waals surface area contributed by atoms with Gasteiger partial charge in [-0.15, -0.1) is 0 Å². The van der Waals surface area contributed by atoms with Crippen LogP contribution in [-0.4, -0.2) is 19.9 Å². The van der Waals surface area contributed by atoms with Crippen LogP contribution >= 0.6 is 0 Å². The van der Waals surface area contributed by atoms with Crippen molar-refractivity contribution in [2.75, 3.05) is 0 Å². The highest BCUT2D eigenvalue weighted by Crippen LogP contribution is 2.22. The molecule has 0 aliphatic carbocycles. The van der Waals surface area contributed by atoms with E-state index in [1.165, 1.54) is 13.8 Å². The van der Waals surface area contributed by atoms with Crippen LogP contribution < -0.4 is 0 Å². The minimum atomic E-state index is -3.40. The molecule has 0 aliphatic heterocycles. The van der Waals surface area contributed by atoms with Gasteiger partial charge in [-0.2, -0.15) is 17.6 Å². The van der Waals surface area contributed by atoms with Crippen LogP contribution in [0.1, 0.15) is 26.7 Å². The van der Waals surface area contributed by atoms with E-state index in [-0.39, 0.29) is 0 Å².